The standard InChI is InChI=1S/C23H30N2O4/c1-27-21-13-18(14-22(15-21)28-2)7-8-23(26)24-16-19-5-3-4-6-20(19)17-25-9-11-29-12-10-25/h3-6,13-15H,7-12,16-17H2,1-2H3,(H,24,26). The molecule has 6 nitrogen and oxygen atoms in total. The van der Waals surface area contributed by atoms with E-state index in [1.165, 1.54) is 5.56 Å². The average Bonchev–Trinajstić information content (AvgIpc) is 2.77. The minimum atomic E-state index is 0.0352. The van der Waals surface area contributed by atoms with Crippen molar-refractivity contribution >= 4 is 5.91 Å². The van der Waals surface area contributed by atoms with Crippen molar-refractivity contribution in [3.63, 3.8) is 0 Å². The zero-order valence-corrected chi connectivity index (χ0v) is 17.3. The fraction of sp³-hybridized carbons (Fsp3) is 0.435. The first-order valence-electron chi connectivity index (χ1n) is 10.0. The van der Waals surface area contributed by atoms with Crippen molar-refractivity contribution in [1.29, 1.82) is 0 Å². The number of hydrogen-bond acceptors (Lipinski definition) is 5. The third-order valence-corrected chi connectivity index (χ3v) is 5.14. The molecule has 1 fully saturated rings. The van der Waals surface area contributed by atoms with Crippen LogP contribution in [0.15, 0.2) is 42.5 Å². The summed E-state index contributed by atoms with van der Waals surface area (Å²) in [4.78, 5) is 14.8. The lowest BCUT2D eigenvalue weighted by molar-refractivity contribution is -0.121. The molecule has 1 aliphatic heterocycles. The van der Waals surface area contributed by atoms with Gasteiger partial charge >= 0.3 is 0 Å². The van der Waals surface area contributed by atoms with E-state index in [1.54, 1.807) is 14.2 Å². The molecule has 3 rings (SSSR count). The maximum absolute atomic E-state index is 12.4. The van der Waals surface area contributed by atoms with Crippen LogP contribution in [0.2, 0.25) is 0 Å². The topological polar surface area (TPSA) is 60.0 Å². The largest absolute Gasteiger partial charge is 0.497 e. The normalized spacial score (nSPS) is 14.4. The minimum absolute atomic E-state index is 0.0352. The molecule has 2 aromatic rings. The molecule has 0 unspecified atom stereocenters. The van der Waals surface area contributed by atoms with Gasteiger partial charge in [0, 0.05) is 38.7 Å². The van der Waals surface area contributed by atoms with Gasteiger partial charge in [0.2, 0.25) is 5.91 Å². The van der Waals surface area contributed by atoms with Crippen molar-refractivity contribution in [1.82, 2.24) is 10.2 Å². The highest BCUT2D eigenvalue weighted by atomic mass is 16.5. The summed E-state index contributed by atoms with van der Waals surface area (Å²) in [5, 5.41) is 3.06. The summed E-state index contributed by atoms with van der Waals surface area (Å²) in [6.07, 6.45) is 1.05. The Hall–Kier alpha value is -2.57. The van der Waals surface area contributed by atoms with Crippen LogP contribution in [0, 0.1) is 0 Å². The number of ether oxygens (including phenoxy) is 3. The molecule has 29 heavy (non-hydrogen) atoms. The predicted molar refractivity (Wildman–Crippen MR) is 112 cm³/mol. The second-order valence-corrected chi connectivity index (χ2v) is 7.15. The summed E-state index contributed by atoms with van der Waals surface area (Å²) in [6.45, 7) is 4.90. The molecule has 0 aromatic heterocycles. The molecule has 0 bridgehead atoms. The third-order valence-electron chi connectivity index (χ3n) is 5.14. The Morgan fingerprint density at radius 1 is 1.03 bits per heavy atom. The summed E-state index contributed by atoms with van der Waals surface area (Å²) in [5.74, 6) is 1.50. The minimum Gasteiger partial charge on any atom is -0.497 e. The van der Waals surface area contributed by atoms with E-state index in [-0.39, 0.29) is 5.91 Å². The van der Waals surface area contributed by atoms with Gasteiger partial charge in [-0.15, -0.1) is 0 Å². The zero-order valence-electron chi connectivity index (χ0n) is 17.3. The lowest BCUT2D eigenvalue weighted by atomic mass is 10.1. The molecule has 0 saturated carbocycles. The van der Waals surface area contributed by atoms with Gasteiger partial charge in [0.05, 0.1) is 27.4 Å². The highest BCUT2D eigenvalue weighted by Gasteiger charge is 2.13. The van der Waals surface area contributed by atoms with Crippen molar-refractivity contribution < 1.29 is 19.0 Å². The van der Waals surface area contributed by atoms with Crippen molar-refractivity contribution in [2.75, 3.05) is 40.5 Å². The molecule has 1 aliphatic rings. The molecule has 1 heterocycles. The van der Waals surface area contributed by atoms with Crippen LogP contribution in [0.3, 0.4) is 0 Å². The Labute approximate surface area is 172 Å². The highest BCUT2D eigenvalue weighted by Crippen LogP contribution is 2.23. The summed E-state index contributed by atoms with van der Waals surface area (Å²) >= 11 is 0. The molecule has 1 N–H and O–H groups in total. The van der Waals surface area contributed by atoms with Crippen LogP contribution in [0.5, 0.6) is 11.5 Å². The molecule has 0 aliphatic carbocycles. The number of carbonyl (C=O) groups excluding carboxylic acids is 1. The number of amides is 1. The van der Waals surface area contributed by atoms with E-state index in [9.17, 15) is 4.79 Å². The molecule has 6 heteroatoms. The number of aryl methyl sites for hydroxylation is 1. The summed E-state index contributed by atoms with van der Waals surface area (Å²) < 4.78 is 16.0. The van der Waals surface area contributed by atoms with Gasteiger partial charge in [-0.2, -0.15) is 0 Å². The number of rotatable bonds is 9. The van der Waals surface area contributed by atoms with Gasteiger partial charge in [-0.05, 0) is 35.2 Å². The molecule has 0 spiro atoms. The second kappa shape index (κ2) is 10.8. The van der Waals surface area contributed by atoms with Crippen molar-refractivity contribution in [3.05, 3.63) is 59.2 Å². The summed E-state index contributed by atoms with van der Waals surface area (Å²) in [5.41, 5.74) is 3.44. The number of hydrogen-bond donors (Lipinski definition) is 1. The van der Waals surface area contributed by atoms with Crippen LogP contribution < -0.4 is 14.8 Å². The van der Waals surface area contributed by atoms with E-state index in [0.717, 1.165) is 55.5 Å². The maximum atomic E-state index is 12.4. The molecule has 1 amide bonds. The van der Waals surface area contributed by atoms with Gasteiger partial charge in [0.1, 0.15) is 11.5 Å². The molecule has 0 atom stereocenters. The zero-order chi connectivity index (χ0) is 20.5. The lowest BCUT2D eigenvalue weighted by Crippen LogP contribution is -2.36. The summed E-state index contributed by atoms with van der Waals surface area (Å²) in [7, 11) is 3.25. The van der Waals surface area contributed by atoms with Crippen LogP contribution in [0.25, 0.3) is 0 Å². The van der Waals surface area contributed by atoms with Gasteiger partial charge < -0.3 is 19.5 Å². The number of benzene rings is 2. The van der Waals surface area contributed by atoms with E-state index in [4.69, 9.17) is 14.2 Å². The molecular weight excluding hydrogens is 368 g/mol. The fourth-order valence-corrected chi connectivity index (χ4v) is 3.44. The monoisotopic (exact) mass is 398 g/mol. The lowest BCUT2D eigenvalue weighted by Gasteiger charge is -2.27. The van der Waals surface area contributed by atoms with E-state index < -0.39 is 0 Å². The molecule has 0 radical (unpaired) electrons. The first kappa shape index (κ1) is 21.1. The predicted octanol–water partition coefficient (Wildman–Crippen LogP) is 2.79. The maximum Gasteiger partial charge on any atom is 0.220 e. The summed E-state index contributed by atoms with van der Waals surface area (Å²) in [6, 6.07) is 14.0. The van der Waals surface area contributed by atoms with Crippen LogP contribution in [0.4, 0.5) is 0 Å². The van der Waals surface area contributed by atoms with E-state index in [0.29, 0.717) is 19.4 Å². The number of methoxy groups -OCH3 is 2. The smallest absolute Gasteiger partial charge is 0.220 e. The van der Waals surface area contributed by atoms with Crippen molar-refractivity contribution in [3.8, 4) is 11.5 Å². The molecule has 2 aromatic carbocycles. The first-order valence-corrected chi connectivity index (χ1v) is 10.0. The number of morpholine rings is 1. The molecule has 1 saturated heterocycles. The number of nitrogens with zero attached hydrogens (tertiary/aromatic N) is 1. The molecule has 156 valence electrons. The van der Waals surface area contributed by atoms with Gasteiger partial charge in [0.25, 0.3) is 0 Å². The Morgan fingerprint density at radius 3 is 2.34 bits per heavy atom. The van der Waals surface area contributed by atoms with Crippen LogP contribution in [-0.4, -0.2) is 51.3 Å². The second-order valence-electron chi connectivity index (χ2n) is 7.15. The van der Waals surface area contributed by atoms with E-state index in [1.807, 2.05) is 24.3 Å². The van der Waals surface area contributed by atoms with Gasteiger partial charge in [-0.3, -0.25) is 9.69 Å². The Kier molecular flexibility index (Phi) is 7.90. The number of carbonyl (C=O) groups is 1. The first-order chi connectivity index (χ1) is 14.2. The quantitative estimate of drug-likeness (QED) is 0.704. The van der Waals surface area contributed by atoms with Crippen LogP contribution in [-0.2, 0) is 29.0 Å². The van der Waals surface area contributed by atoms with Crippen molar-refractivity contribution in [2.45, 2.75) is 25.9 Å². The van der Waals surface area contributed by atoms with Gasteiger partial charge in [-0.25, -0.2) is 0 Å². The average molecular weight is 399 g/mol. The van der Waals surface area contributed by atoms with Crippen LogP contribution >= 0.6 is 0 Å². The van der Waals surface area contributed by atoms with E-state index >= 15 is 0 Å². The Bertz CT molecular complexity index is 781. The Balaban J connectivity index is 1.52. The Morgan fingerprint density at radius 2 is 1.69 bits per heavy atom. The third kappa shape index (κ3) is 6.48. The van der Waals surface area contributed by atoms with Gasteiger partial charge in [0.15, 0.2) is 0 Å². The highest BCUT2D eigenvalue weighted by molar-refractivity contribution is 5.76. The van der Waals surface area contributed by atoms with E-state index in [2.05, 4.69) is 28.4 Å². The fourth-order valence-electron chi connectivity index (χ4n) is 3.44. The van der Waals surface area contributed by atoms with Gasteiger partial charge in [-0.1, -0.05) is 24.3 Å². The molecular formula is C23H30N2O4. The van der Waals surface area contributed by atoms with Crippen LogP contribution in [0.1, 0.15) is 23.1 Å². The SMILES string of the molecule is COc1cc(CCC(=O)NCc2ccccc2CN2CCOCC2)cc(OC)c1. The number of nitrogens with one attached hydrogen (secondary N) is 1. The van der Waals surface area contributed by atoms with Crippen molar-refractivity contribution in [2.24, 2.45) is 0 Å².